The lowest BCUT2D eigenvalue weighted by molar-refractivity contribution is 0.138. The maximum absolute atomic E-state index is 2.61. The number of rotatable bonds is 0. The van der Waals surface area contributed by atoms with Crippen molar-refractivity contribution in [2.45, 2.75) is 44.5 Å². The summed E-state index contributed by atoms with van der Waals surface area (Å²) in [4.78, 5) is 2.61. The Hall–Kier alpha value is 0.0899. The molecule has 0 unspecified atom stereocenters. The van der Waals surface area contributed by atoms with Crippen LogP contribution in [0.1, 0.15) is 33.6 Å². The van der Waals surface area contributed by atoms with Gasteiger partial charge in [-0.2, -0.15) is 0 Å². The summed E-state index contributed by atoms with van der Waals surface area (Å²) in [7, 11) is 4.70. The van der Waals surface area contributed by atoms with Crippen LogP contribution in [-0.4, -0.2) is 38.0 Å². The fourth-order valence-electron chi connectivity index (χ4n) is 2.35. The molecule has 11 heavy (non-hydrogen) atoms. The summed E-state index contributed by atoms with van der Waals surface area (Å²) in [5.74, 6) is 0. The van der Waals surface area contributed by atoms with Crippen molar-refractivity contribution in [3.05, 3.63) is 0 Å². The molecule has 3 heteroatoms. The summed E-state index contributed by atoms with van der Waals surface area (Å²) in [5, 5.41) is 0.429. The number of hydrogen-bond acceptors (Lipinski definition) is 1. The van der Waals surface area contributed by atoms with Crippen molar-refractivity contribution in [3.8, 4) is 0 Å². The van der Waals surface area contributed by atoms with Crippen LogP contribution in [0.3, 0.4) is 0 Å². The Kier molecular flexibility index (Phi) is 2.13. The number of nitrogens with zero attached hydrogens (tertiary/aromatic N) is 1. The third-order valence-electron chi connectivity index (χ3n) is 2.71. The van der Waals surface area contributed by atoms with E-state index in [0.29, 0.717) is 10.9 Å². The molecule has 1 aliphatic heterocycles. The van der Waals surface area contributed by atoms with Gasteiger partial charge in [-0.1, -0.05) is 0 Å². The molecular weight excluding hydrogens is 132 g/mol. The standard InChI is InChI=1S/C8H19B2N/c1-7(2,3)11-6-4-5-8(11,9)10/h4-6,9-10H2,1-3H3. The lowest BCUT2D eigenvalue weighted by Gasteiger charge is -2.42. The van der Waals surface area contributed by atoms with Gasteiger partial charge < -0.3 is 4.90 Å². The highest BCUT2D eigenvalue weighted by Crippen LogP contribution is 2.30. The Morgan fingerprint density at radius 3 is 2.00 bits per heavy atom. The molecule has 0 radical (unpaired) electrons. The van der Waals surface area contributed by atoms with E-state index in [0.717, 1.165) is 0 Å². The number of hydrogen-bond donors (Lipinski definition) is 0. The second-order valence-corrected chi connectivity index (χ2v) is 5.24. The van der Waals surface area contributed by atoms with Gasteiger partial charge in [0.1, 0.15) is 15.7 Å². The van der Waals surface area contributed by atoms with E-state index in [4.69, 9.17) is 0 Å². The van der Waals surface area contributed by atoms with Crippen molar-refractivity contribution in [1.29, 1.82) is 0 Å². The van der Waals surface area contributed by atoms with Crippen molar-refractivity contribution >= 4 is 15.7 Å². The summed E-state index contributed by atoms with van der Waals surface area (Å²) in [5.41, 5.74) is 0.347. The van der Waals surface area contributed by atoms with E-state index in [1.807, 2.05) is 0 Å². The van der Waals surface area contributed by atoms with Crippen LogP contribution >= 0.6 is 0 Å². The SMILES string of the molecule is BC1(B)CCCN1C(C)(C)C. The Bertz CT molecular complexity index is 149. The average molecular weight is 151 g/mol. The van der Waals surface area contributed by atoms with Gasteiger partial charge in [0, 0.05) is 5.54 Å². The quantitative estimate of drug-likeness (QED) is 0.433. The third-order valence-corrected chi connectivity index (χ3v) is 2.71. The van der Waals surface area contributed by atoms with Crippen LogP contribution in [0.2, 0.25) is 0 Å². The molecule has 1 fully saturated rings. The molecule has 0 atom stereocenters. The molecule has 0 aromatic heterocycles. The zero-order valence-corrected chi connectivity index (χ0v) is 8.57. The van der Waals surface area contributed by atoms with Crippen LogP contribution in [0.4, 0.5) is 0 Å². The first kappa shape index (κ1) is 9.18. The summed E-state index contributed by atoms with van der Waals surface area (Å²) < 4.78 is 0. The van der Waals surface area contributed by atoms with Crippen molar-refractivity contribution in [2.24, 2.45) is 0 Å². The van der Waals surface area contributed by atoms with Crippen LogP contribution in [0.5, 0.6) is 0 Å². The van der Waals surface area contributed by atoms with E-state index < -0.39 is 0 Å². The lowest BCUT2D eigenvalue weighted by atomic mass is 9.59. The molecule has 1 nitrogen and oxygen atoms in total. The molecule has 1 aliphatic rings. The van der Waals surface area contributed by atoms with Crippen LogP contribution < -0.4 is 0 Å². The molecule has 0 spiro atoms. The third kappa shape index (κ3) is 1.81. The number of likely N-dealkylation sites (tertiary alicyclic amines) is 1. The Morgan fingerprint density at radius 1 is 1.27 bits per heavy atom. The highest BCUT2D eigenvalue weighted by atomic mass is 15.2. The Balaban J connectivity index is 2.73. The molecular formula is C8H19B2N. The first-order chi connectivity index (χ1) is 4.84. The van der Waals surface area contributed by atoms with Crippen molar-refractivity contribution in [2.75, 3.05) is 6.54 Å². The fraction of sp³-hybridized carbons (Fsp3) is 1.00. The summed E-state index contributed by atoms with van der Waals surface area (Å²) >= 11 is 0. The zero-order chi connectivity index (χ0) is 8.70. The maximum Gasteiger partial charge on any atom is 0.117 e. The van der Waals surface area contributed by atoms with E-state index in [2.05, 4.69) is 41.4 Å². The van der Waals surface area contributed by atoms with Crippen LogP contribution in [0.15, 0.2) is 0 Å². The minimum Gasteiger partial charge on any atom is -0.308 e. The normalized spacial score (nSPS) is 25.7. The van der Waals surface area contributed by atoms with Gasteiger partial charge in [-0.05, 0) is 45.5 Å². The van der Waals surface area contributed by atoms with Gasteiger partial charge in [0.15, 0.2) is 0 Å². The molecule has 0 aromatic carbocycles. The average Bonchev–Trinajstić information content (AvgIpc) is 2.06. The van der Waals surface area contributed by atoms with Crippen LogP contribution in [0, 0.1) is 0 Å². The second kappa shape index (κ2) is 2.55. The summed E-state index contributed by atoms with van der Waals surface area (Å²) in [6.45, 7) is 8.19. The first-order valence-electron chi connectivity index (χ1n) is 4.62. The predicted octanol–water partition coefficient (Wildman–Crippen LogP) is -0.199. The van der Waals surface area contributed by atoms with Crippen molar-refractivity contribution in [1.82, 2.24) is 4.90 Å². The van der Waals surface area contributed by atoms with Gasteiger partial charge in [-0.3, -0.25) is 0 Å². The van der Waals surface area contributed by atoms with E-state index in [1.165, 1.54) is 19.4 Å². The maximum atomic E-state index is 2.61. The van der Waals surface area contributed by atoms with Gasteiger partial charge in [0.05, 0.1) is 0 Å². The minimum atomic E-state index is 0.347. The summed E-state index contributed by atoms with van der Waals surface area (Å²) in [6, 6.07) is 0. The van der Waals surface area contributed by atoms with E-state index >= 15 is 0 Å². The minimum absolute atomic E-state index is 0.347. The predicted molar refractivity (Wildman–Crippen MR) is 55.5 cm³/mol. The van der Waals surface area contributed by atoms with Gasteiger partial charge >= 0.3 is 0 Å². The van der Waals surface area contributed by atoms with Crippen LogP contribution in [-0.2, 0) is 0 Å². The zero-order valence-electron chi connectivity index (χ0n) is 8.57. The molecule has 0 N–H and O–H groups in total. The highest BCUT2D eigenvalue weighted by molar-refractivity contribution is 6.40. The van der Waals surface area contributed by atoms with Crippen molar-refractivity contribution in [3.63, 3.8) is 0 Å². The van der Waals surface area contributed by atoms with Gasteiger partial charge in [-0.15, -0.1) is 0 Å². The topological polar surface area (TPSA) is 3.24 Å². The Labute approximate surface area is 72.4 Å². The van der Waals surface area contributed by atoms with Crippen molar-refractivity contribution < 1.29 is 0 Å². The van der Waals surface area contributed by atoms with E-state index in [9.17, 15) is 0 Å². The molecule has 0 aromatic rings. The van der Waals surface area contributed by atoms with Gasteiger partial charge in [0.2, 0.25) is 0 Å². The molecule has 0 bridgehead atoms. The molecule has 0 saturated carbocycles. The Morgan fingerprint density at radius 2 is 1.82 bits per heavy atom. The van der Waals surface area contributed by atoms with Gasteiger partial charge in [-0.25, -0.2) is 0 Å². The molecule has 0 amide bonds. The molecule has 1 saturated heterocycles. The van der Waals surface area contributed by atoms with Gasteiger partial charge in [0.25, 0.3) is 0 Å². The second-order valence-electron chi connectivity index (χ2n) is 5.24. The molecule has 0 aliphatic carbocycles. The smallest absolute Gasteiger partial charge is 0.117 e. The first-order valence-corrected chi connectivity index (χ1v) is 4.62. The highest BCUT2D eigenvalue weighted by Gasteiger charge is 2.37. The van der Waals surface area contributed by atoms with Crippen LogP contribution in [0.25, 0.3) is 0 Å². The molecule has 62 valence electrons. The summed E-state index contributed by atoms with van der Waals surface area (Å²) in [6.07, 6.45) is 2.72. The van der Waals surface area contributed by atoms with E-state index in [-0.39, 0.29) is 0 Å². The lowest BCUT2D eigenvalue weighted by Crippen LogP contribution is -2.54. The monoisotopic (exact) mass is 151 g/mol. The fourth-order valence-corrected chi connectivity index (χ4v) is 2.35. The van der Waals surface area contributed by atoms with E-state index in [1.54, 1.807) is 0 Å². The largest absolute Gasteiger partial charge is 0.308 e. The molecule has 1 heterocycles. The molecule has 1 rings (SSSR count).